The summed E-state index contributed by atoms with van der Waals surface area (Å²) in [7, 11) is 1.51. The molecule has 1 aliphatic heterocycles. The smallest absolute Gasteiger partial charge is 0.170 e. The van der Waals surface area contributed by atoms with Gasteiger partial charge in [-0.25, -0.2) is 8.78 Å². The van der Waals surface area contributed by atoms with Crippen LogP contribution in [0, 0.1) is 11.6 Å². The number of ketones is 1. The molecule has 0 amide bonds. The quantitative estimate of drug-likeness (QED) is 0.846. The largest absolute Gasteiger partial charge is 0.497 e. The first kappa shape index (κ1) is 13.5. The normalized spacial score (nSPS) is 17.1. The van der Waals surface area contributed by atoms with E-state index in [1.54, 1.807) is 18.2 Å². The van der Waals surface area contributed by atoms with Crippen LogP contribution in [-0.2, 0) is 0 Å². The number of Topliss-reactive ketones (excluding diaryl/α,β-unsaturated/α-hetero) is 1. The fourth-order valence-electron chi connectivity index (χ4n) is 2.37. The first-order valence-corrected chi connectivity index (χ1v) is 6.41. The molecule has 0 bridgehead atoms. The Balaban J connectivity index is 1.96. The number of fused-ring (bicyclic) bond motifs is 1. The molecule has 1 atom stereocenters. The van der Waals surface area contributed by atoms with E-state index in [2.05, 4.69) is 0 Å². The van der Waals surface area contributed by atoms with E-state index in [4.69, 9.17) is 9.47 Å². The lowest BCUT2D eigenvalue weighted by Gasteiger charge is -2.26. The number of methoxy groups -OCH3 is 1. The summed E-state index contributed by atoms with van der Waals surface area (Å²) < 4.78 is 37.5. The van der Waals surface area contributed by atoms with Gasteiger partial charge in [0, 0.05) is 11.6 Å². The van der Waals surface area contributed by atoms with E-state index in [1.807, 2.05) is 0 Å². The highest BCUT2D eigenvalue weighted by atomic mass is 19.1. The zero-order valence-corrected chi connectivity index (χ0v) is 11.2. The van der Waals surface area contributed by atoms with Crippen LogP contribution in [0.1, 0.15) is 28.4 Å². The predicted molar refractivity (Wildman–Crippen MR) is 71.7 cm³/mol. The molecule has 0 aliphatic carbocycles. The maximum absolute atomic E-state index is 13.8. The van der Waals surface area contributed by atoms with E-state index in [1.165, 1.54) is 13.2 Å². The van der Waals surface area contributed by atoms with Crippen LogP contribution in [0.2, 0.25) is 0 Å². The van der Waals surface area contributed by atoms with Crippen molar-refractivity contribution in [1.29, 1.82) is 0 Å². The van der Waals surface area contributed by atoms with Crippen LogP contribution in [0.15, 0.2) is 36.4 Å². The van der Waals surface area contributed by atoms with Crippen LogP contribution >= 0.6 is 0 Å². The molecule has 2 aromatic carbocycles. The molecule has 108 valence electrons. The van der Waals surface area contributed by atoms with Gasteiger partial charge in [0.1, 0.15) is 29.2 Å². The standard InChI is InChI=1S/C16H12F2O3/c1-20-10-3-5-15-12(7-10)14(19)8-16(21-15)11-4-2-9(17)6-13(11)18/h2-7,16H,8H2,1H3. The zero-order valence-electron chi connectivity index (χ0n) is 11.2. The van der Waals surface area contributed by atoms with E-state index < -0.39 is 17.7 Å². The van der Waals surface area contributed by atoms with Gasteiger partial charge in [-0.3, -0.25) is 4.79 Å². The third-order valence-corrected chi connectivity index (χ3v) is 3.44. The molecule has 3 rings (SSSR count). The molecule has 21 heavy (non-hydrogen) atoms. The number of hydrogen-bond donors (Lipinski definition) is 0. The molecule has 0 aromatic heterocycles. The molecule has 1 aliphatic rings. The summed E-state index contributed by atoms with van der Waals surface area (Å²) in [6, 6.07) is 8.10. The lowest BCUT2D eigenvalue weighted by molar-refractivity contribution is 0.0845. The topological polar surface area (TPSA) is 35.5 Å². The van der Waals surface area contributed by atoms with Gasteiger partial charge in [-0.15, -0.1) is 0 Å². The molecular weight excluding hydrogens is 278 g/mol. The van der Waals surface area contributed by atoms with E-state index in [0.717, 1.165) is 12.1 Å². The molecule has 0 saturated carbocycles. The molecule has 0 spiro atoms. The highest BCUT2D eigenvalue weighted by Gasteiger charge is 2.29. The number of rotatable bonds is 2. The second kappa shape index (κ2) is 5.16. The van der Waals surface area contributed by atoms with Gasteiger partial charge in [-0.2, -0.15) is 0 Å². The van der Waals surface area contributed by atoms with Crippen LogP contribution in [0.3, 0.4) is 0 Å². The summed E-state index contributed by atoms with van der Waals surface area (Å²) in [5, 5.41) is 0. The summed E-state index contributed by atoms with van der Waals surface area (Å²) in [5.41, 5.74) is 0.583. The molecule has 3 nitrogen and oxygen atoms in total. The van der Waals surface area contributed by atoms with Crippen molar-refractivity contribution in [1.82, 2.24) is 0 Å². The van der Waals surface area contributed by atoms with E-state index >= 15 is 0 Å². The summed E-state index contributed by atoms with van der Waals surface area (Å²) in [6.45, 7) is 0. The van der Waals surface area contributed by atoms with Crippen molar-refractivity contribution in [3.8, 4) is 11.5 Å². The molecule has 5 heteroatoms. The number of carbonyl (C=O) groups is 1. The van der Waals surface area contributed by atoms with Gasteiger partial charge in [0.05, 0.1) is 19.1 Å². The first-order chi connectivity index (χ1) is 10.1. The van der Waals surface area contributed by atoms with Crippen LogP contribution < -0.4 is 9.47 Å². The predicted octanol–water partition coefficient (Wildman–Crippen LogP) is 3.68. The summed E-state index contributed by atoms with van der Waals surface area (Å²) in [5.74, 6) is -0.616. The maximum atomic E-state index is 13.8. The molecule has 0 fully saturated rings. The van der Waals surface area contributed by atoms with Crippen LogP contribution in [0.25, 0.3) is 0 Å². The van der Waals surface area contributed by atoms with Crippen molar-refractivity contribution < 1.29 is 23.0 Å². The molecule has 0 radical (unpaired) electrons. The number of benzene rings is 2. The van der Waals surface area contributed by atoms with Crippen LogP contribution in [-0.4, -0.2) is 12.9 Å². The summed E-state index contributed by atoms with van der Waals surface area (Å²) >= 11 is 0. The van der Waals surface area contributed by atoms with Crippen molar-refractivity contribution in [2.45, 2.75) is 12.5 Å². The molecule has 1 heterocycles. The van der Waals surface area contributed by atoms with Crippen LogP contribution in [0.4, 0.5) is 8.78 Å². The van der Waals surface area contributed by atoms with E-state index in [9.17, 15) is 13.6 Å². The zero-order chi connectivity index (χ0) is 15.0. The minimum Gasteiger partial charge on any atom is -0.497 e. The Hall–Kier alpha value is -2.43. The van der Waals surface area contributed by atoms with Crippen molar-refractivity contribution in [3.63, 3.8) is 0 Å². The van der Waals surface area contributed by atoms with Gasteiger partial charge in [0.25, 0.3) is 0 Å². The molecule has 0 N–H and O–H groups in total. The lowest BCUT2D eigenvalue weighted by Crippen LogP contribution is -2.21. The lowest BCUT2D eigenvalue weighted by atomic mass is 9.96. The second-order valence-corrected chi connectivity index (χ2v) is 4.76. The molecule has 1 unspecified atom stereocenters. The second-order valence-electron chi connectivity index (χ2n) is 4.76. The highest BCUT2D eigenvalue weighted by molar-refractivity contribution is 6.00. The summed E-state index contributed by atoms with van der Waals surface area (Å²) in [4.78, 5) is 12.2. The first-order valence-electron chi connectivity index (χ1n) is 6.41. The van der Waals surface area contributed by atoms with Gasteiger partial charge >= 0.3 is 0 Å². The van der Waals surface area contributed by atoms with Gasteiger partial charge in [-0.1, -0.05) is 0 Å². The molecule has 0 saturated heterocycles. The maximum Gasteiger partial charge on any atom is 0.170 e. The average Bonchev–Trinajstić information content (AvgIpc) is 2.47. The summed E-state index contributed by atoms with van der Waals surface area (Å²) in [6.07, 6.45) is -0.748. The Bertz CT molecular complexity index is 713. The third-order valence-electron chi connectivity index (χ3n) is 3.44. The Kier molecular flexibility index (Phi) is 3.33. The van der Waals surface area contributed by atoms with Gasteiger partial charge in [0.15, 0.2) is 5.78 Å². The fourth-order valence-corrected chi connectivity index (χ4v) is 2.37. The van der Waals surface area contributed by atoms with Gasteiger partial charge in [-0.05, 0) is 30.3 Å². The SMILES string of the molecule is COc1ccc2c(c1)C(=O)CC(c1ccc(F)cc1F)O2. The Morgan fingerprint density at radius 1 is 1.19 bits per heavy atom. The van der Waals surface area contributed by atoms with Crippen molar-refractivity contribution >= 4 is 5.78 Å². The third kappa shape index (κ3) is 2.46. The number of ether oxygens (including phenoxy) is 2. The number of halogens is 2. The van der Waals surface area contributed by atoms with Crippen molar-refractivity contribution in [2.24, 2.45) is 0 Å². The van der Waals surface area contributed by atoms with Crippen LogP contribution in [0.5, 0.6) is 11.5 Å². The fraction of sp³-hybridized carbons (Fsp3) is 0.188. The Morgan fingerprint density at radius 3 is 2.71 bits per heavy atom. The van der Waals surface area contributed by atoms with Gasteiger partial charge < -0.3 is 9.47 Å². The minimum absolute atomic E-state index is 0.00270. The minimum atomic E-state index is -0.751. The number of carbonyl (C=O) groups excluding carboxylic acids is 1. The van der Waals surface area contributed by atoms with E-state index in [0.29, 0.717) is 17.1 Å². The van der Waals surface area contributed by atoms with Crippen molar-refractivity contribution in [3.05, 3.63) is 59.2 Å². The van der Waals surface area contributed by atoms with E-state index in [-0.39, 0.29) is 17.8 Å². The average molecular weight is 290 g/mol. The highest BCUT2D eigenvalue weighted by Crippen LogP contribution is 2.37. The molecular formula is C16H12F2O3. The van der Waals surface area contributed by atoms with Crippen molar-refractivity contribution in [2.75, 3.05) is 7.11 Å². The number of hydrogen-bond acceptors (Lipinski definition) is 3. The van der Waals surface area contributed by atoms with Gasteiger partial charge in [0.2, 0.25) is 0 Å². The molecule has 2 aromatic rings. The monoisotopic (exact) mass is 290 g/mol. The Labute approximate surface area is 120 Å². The Morgan fingerprint density at radius 2 is 2.00 bits per heavy atom.